The molecule has 0 unspecified atom stereocenters. The number of anilines is 1. The molecule has 6 nitrogen and oxygen atoms in total. The molecule has 1 amide bonds. The number of aromatic nitrogens is 4. The smallest absolute Gasteiger partial charge is 0.259 e. The summed E-state index contributed by atoms with van der Waals surface area (Å²) in [6.07, 6.45) is 1.64. The maximum Gasteiger partial charge on any atom is 0.259 e. The zero-order valence-electron chi connectivity index (χ0n) is 16.5. The Kier molecular flexibility index (Phi) is 5.22. The molecule has 29 heavy (non-hydrogen) atoms. The number of nitrogens with one attached hydrogen (secondary N) is 1. The first-order chi connectivity index (χ1) is 14.0. The van der Waals surface area contributed by atoms with Gasteiger partial charge in [0, 0.05) is 16.6 Å². The topological polar surface area (TPSA) is 72.7 Å². The molecule has 0 spiro atoms. The number of hydrogen-bond donors (Lipinski definition) is 1. The monoisotopic (exact) mass is 403 g/mol. The van der Waals surface area contributed by atoms with Crippen LogP contribution in [0.4, 0.5) is 5.69 Å². The number of aryl methyl sites for hydroxylation is 1. The van der Waals surface area contributed by atoms with Gasteiger partial charge in [-0.15, -0.1) is 5.10 Å². The van der Waals surface area contributed by atoms with Crippen molar-refractivity contribution in [3.05, 3.63) is 76.9 Å². The fourth-order valence-electron chi connectivity index (χ4n) is 3.19. The Hall–Kier alpha value is -3.32. The number of rotatable bonds is 5. The van der Waals surface area contributed by atoms with E-state index in [1.54, 1.807) is 6.20 Å². The van der Waals surface area contributed by atoms with E-state index in [1.165, 1.54) is 17.1 Å². The molecular formula is C22H21N5OS. The van der Waals surface area contributed by atoms with E-state index >= 15 is 0 Å². The third kappa shape index (κ3) is 3.95. The number of benzene rings is 2. The molecule has 4 rings (SSSR count). The van der Waals surface area contributed by atoms with Crippen molar-refractivity contribution in [2.75, 3.05) is 5.32 Å². The van der Waals surface area contributed by atoms with Gasteiger partial charge in [-0.2, -0.15) is 5.10 Å². The van der Waals surface area contributed by atoms with Crippen LogP contribution >= 0.6 is 11.5 Å². The summed E-state index contributed by atoms with van der Waals surface area (Å²) in [7, 11) is 0. The molecule has 2 aromatic carbocycles. The van der Waals surface area contributed by atoms with Gasteiger partial charge in [0.05, 0.1) is 23.1 Å². The highest BCUT2D eigenvalue weighted by atomic mass is 32.1. The van der Waals surface area contributed by atoms with E-state index in [1.807, 2.05) is 65.5 Å². The van der Waals surface area contributed by atoms with Gasteiger partial charge in [-0.05, 0) is 48.6 Å². The second-order valence-corrected chi connectivity index (χ2v) is 7.78. The van der Waals surface area contributed by atoms with Crippen LogP contribution in [-0.2, 0) is 0 Å². The van der Waals surface area contributed by atoms with Gasteiger partial charge in [-0.3, -0.25) is 4.79 Å². The third-order valence-electron chi connectivity index (χ3n) is 4.68. The first-order valence-corrected chi connectivity index (χ1v) is 10.2. The molecule has 0 atom stereocenters. The van der Waals surface area contributed by atoms with E-state index in [0.29, 0.717) is 5.56 Å². The SMILES string of the molecule is Cc1ccc(-n2ncc(C(=O)Nc3ccc(-c4csnn4)cc3)c2C(C)C)cc1. The van der Waals surface area contributed by atoms with E-state index in [-0.39, 0.29) is 11.8 Å². The van der Waals surface area contributed by atoms with E-state index in [2.05, 4.69) is 33.8 Å². The zero-order chi connectivity index (χ0) is 20.4. The molecule has 0 aliphatic rings. The van der Waals surface area contributed by atoms with Crippen molar-refractivity contribution in [2.24, 2.45) is 0 Å². The van der Waals surface area contributed by atoms with Crippen LogP contribution in [0, 0.1) is 6.92 Å². The third-order valence-corrected chi connectivity index (χ3v) is 5.18. The molecule has 4 aromatic rings. The quantitative estimate of drug-likeness (QED) is 0.505. The number of nitrogens with zero attached hydrogens (tertiary/aromatic N) is 4. The summed E-state index contributed by atoms with van der Waals surface area (Å²) in [5, 5.41) is 13.4. The lowest BCUT2D eigenvalue weighted by atomic mass is 10.0. The van der Waals surface area contributed by atoms with Crippen molar-refractivity contribution in [1.82, 2.24) is 19.4 Å². The van der Waals surface area contributed by atoms with E-state index in [0.717, 1.165) is 28.3 Å². The van der Waals surface area contributed by atoms with Crippen molar-refractivity contribution < 1.29 is 4.79 Å². The Balaban J connectivity index is 1.59. The Morgan fingerprint density at radius 1 is 1.07 bits per heavy atom. The largest absolute Gasteiger partial charge is 0.322 e. The summed E-state index contributed by atoms with van der Waals surface area (Å²) >= 11 is 1.31. The molecule has 7 heteroatoms. The van der Waals surface area contributed by atoms with Gasteiger partial charge >= 0.3 is 0 Å². The van der Waals surface area contributed by atoms with Crippen LogP contribution in [-0.4, -0.2) is 25.3 Å². The molecule has 0 aliphatic carbocycles. The van der Waals surface area contributed by atoms with Crippen LogP contribution in [0.25, 0.3) is 16.9 Å². The highest BCUT2D eigenvalue weighted by Crippen LogP contribution is 2.25. The van der Waals surface area contributed by atoms with Gasteiger partial charge in [0.1, 0.15) is 5.69 Å². The molecule has 0 saturated carbocycles. The number of amides is 1. The number of hydrogen-bond acceptors (Lipinski definition) is 5. The number of carbonyl (C=O) groups is 1. The molecule has 2 aromatic heterocycles. The molecule has 0 radical (unpaired) electrons. The van der Waals surface area contributed by atoms with E-state index in [9.17, 15) is 4.79 Å². The lowest BCUT2D eigenvalue weighted by molar-refractivity contribution is 0.102. The maximum atomic E-state index is 13.0. The fourth-order valence-corrected chi connectivity index (χ4v) is 3.66. The molecule has 146 valence electrons. The average Bonchev–Trinajstić information content (AvgIpc) is 3.39. The fraction of sp³-hybridized carbons (Fsp3) is 0.182. The molecule has 1 N–H and O–H groups in total. The molecule has 2 heterocycles. The molecule has 0 saturated heterocycles. The maximum absolute atomic E-state index is 13.0. The molecule has 0 aliphatic heterocycles. The van der Waals surface area contributed by atoms with Crippen molar-refractivity contribution in [3.8, 4) is 16.9 Å². The molecule has 0 bridgehead atoms. The summed E-state index contributed by atoms with van der Waals surface area (Å²) in [5.74, 6) is -0.0331. The standard InChI is InChI=1S/C22H21N5OS/c1-14(2)21-19(12-23-27(21)18-10-4-15(3)5-11-18)22(28)24-17-8-6-16(7-9-17)20-13-29-26-25-20/h4-14H,1-3H3,(H,24,28). The summed E-state index contributed by atoms with van der Waals surface area (Å²) < 4.78 is 5.72. The van der Waals surface area contributed by atoms with Gasteiger partial charge in [0.25, 0.3) is 5.91 Å². The zero-order valence-corrected chi connectivity index (χ0v) is 17.3. The first-order valence-electron chi connectivity index (χ1n) is 9.36. The van der Waals surface area contributed by atoms with Crippen molar-refractivity contribution >= 4 is 23.1 Å². The predicted molar refractivity (Wildman–Crippen MR) is 116 cm³/mol. The van der Waals surface area contributed by atoms with Gasteiger partial charge in [-0.1, -0.05) is 48.2 Å². The Morgan fingerprint density at radius 3 is 2.41 bits per heavy atom. The molecule has 0 fully saturated rings. The minimum atomic E-state index is -0.171. The summed E-state index contributed by atoms with van der Waals surface area (Å²) in [6.45, 7) is 6.18. The summed E-state index contributed by atoms with van der Waals surface area (Å²) in [4.78, 5) is 13.0. The Morgan fingerprint density at radius 2 is 1.79 bits per heavy atom. The van der Waals surface area contributed by atoms with Crippen LogP contribution in [0.1, 0.15) is 41.4 Å². The van der Waals surface area contributed by atoms with Crippen LogP contribution in [0.2, 0.25) is 0 Å². The van der Waals surface area contributed by atoms with Gasteiger partial charge < -0.3 is 5.32 Å². The van der Waals surface area contributed by atoms with Crippen LogP contribution < -0.4 is 5.32 Å². The lowest BCUT2D eigenvalue weighted by Gasteiger charge is -2.13. The van der Waals surface area contributed by atoms with Crippen molar-refractivity contribution in [3.63, 3.8) is 0 Å². The summed E-state index contributed by atoms with van der Waals surface area (Å²) in [5.41, 5.74) is 6.10. The normalized spacial score (nSPS) is 11.0. The minimum absolute atomic E-state index is 0.138. The van der Waals surface area contributed by atoms with E-state index < -0.39 is 0 Å². The van der Waals surface area contributed by atoms with Crippen LogP contribution in [0.3, 0.4) is 0 Å². The minimum Gasteiger partial charge on any atom is -0.322 e. The predicted octanol–water partition coefficient (Wildman–Crippen LogP) is 5.07. The van der Waals surface area contributed by atoms with Gasteiger partial charge in [0.15, 0.2) is 0 Å². The van der Waals surface area contributed by atoms with Crippen molar-refractivity contribution in [2.45, 2.75) is 26.7 Å². The molecular weight excluding hydrogens is 382 g/mol. The first kappa shape index (κ1) is 19.0. The summed E-state index contributed by atoms with van der Waals surface area (Å²) in [6, 6.07) is 15.7. The van der Waals surface area contributed by atoms with E-state index in [4.69, 9.17) is 0 Å². The highest BCUT2D eigenvalue weighted by molar-refractivity contribution is 7.03. The second-order valence-electron chi connectivity index (χ2n) is 7.17. The average molecular weight is 404 g/mol. The van der Waals surface area contributed by atoms with Crippen LogP contribution in [0.15, 0.2) is 60.1 Å². The highest BCUT2D eigenvalue weighted by Gasteiger charge is 2.21. The Labute approximate surface area is 173 Å². The van der Waals surface area contributed by atoms with Crippen LogP contribution in [0.5, 0.6) is 0 Å². The van der Waals surface area contributed by atoms with Gasteiger partial charge in [-0.25, -0.2) is 4.68 Å². The lowest BCUT2D eigenvalue weighted by Crippen LogP contribution is -2.15. The Bertz CT molecular complexity index is 1110. The van der Waals surface area contributed by atoms with Gasteiger partial charge in [0.2, 0.25) is 0 Å². The van der Waals surface area contributed by atoms with Crippen molar-refractivity contribution in [1.29, 1.82) is 0 Å². The number of carbonyl (C=O) groups excluding carboxylic acids is 1. The second kappa shape index (κ2) is 7.97.